The van der Waals surface area contributed by atoms with Gasteiger partial charge in [0.2, 0.25) is 0 Å². The van der Waals surface area contributed by atoms with Gasteiger partial charge in [0, 0.05) is 30.1 Å². The Morgan fingerprint density at radius 3 is 3.06 bits per heavy atom. The van der Waals surface area contributed by atoms with Gasteiger partial charge in [0.15, 0.2) is 0 Å². The van der Waals surface area contributed by atoms with Crippen molar-refractivity contribution < 1.29 is 0 Å². The van der Waals surface area contributed by atoms with Crippen LogP contribution in [-0.4, -0.2) is 33.2 Å². The summed E-state index contributed by atoms with van der Waals surface area (Å²) in [5.41, 5.74) is 3.80. The number of H-pyrrole nitrogens is 1. The molecule has 1 unspecified atom stereocenters. The van der Waals surface area contributed by atoms with E-state index in [0.29, 0.717) is 5.92 Å². The summed E-state index contributed by atoms with van der Waals surface area (Å²) in [6, 6.07) is 0. The summed E-state index contributed by atoms with van der Waals surface area (Å²) in [6.07, 6.45) is 3.13. The molecule has 0 aromatic carbocycles. The number of hydrogen-bond acceptors (Lipinski definition) is 4. The summed E-state index contributed by atoms with van der Waals surface area (Å²) < 4.78 is 0. The molecule has 1 fully saturated rings. The molecule has 96 valence electrons. The number of nitrogens with zero attached hydrogens (tertiary/aromatic N) is 3. The number of hydrogen-bond donors (Lipinski definition) is 1. The summed E-state index contributed by atoms with van der Waals surface area (Å²) in [5, 5.41) is 10.6. The third-order valence-corrected chi connectivity index (χ3v) is 4.42. The highest BCUT2D eigenvalue weighted by molar-refractivity contribution is 7.09. The lowest BCUT2D eigenvalue weighted by atomic mass is 10.0. The lowest BCUT2D eigenvalue weighted by Gasteiger charge is -2.14. The van der Waals surface area contributed by atoms with Crippen LogP contribution in [0.1, 0.15) is 34.3 Å². The standard InChI is InChI=1S/C13H18N4S/c1-9-5-14-16-13(9)11-3-4-17(6-11)7-12-8-18-10(2)15-12/h5,8,11H,3-4,6-7H2,1-2H3,(H,14,16). The first-order chi connectivity index (χ1) is 8.72. The van der Waals surface area contributed by atoms with Gasteiger partial charge in [0.25, 0.3) is 0 Å². The molecular formula is C13H18N4S. The van der Waals surface area contributed by atoms with Crippen molar-refractivity contribution in [2.75, 3.05) is 13.1 Å². The third-order valence-electron chi connectivity index (χ3n) is 3.60. The van der Waals surface area contributed by atoms with Crippen LogP contribution in [0.5, 0.6) is 0 Å². The maximum Gasteiger partial charge on any atom is 0.0897 e. The minimum Gasteiger partial charge on any atom is -0.297 e. The summed E-state index contributed by atoms with van der Waals surface area (Å²) >= 11 is 1.73. The monoisotopic (exact) mass is 262 g/mol. The van der Waals surface area contributed by atoms with E-state index in [4.69, 9.17) is 0 Å². The first kappa shape index (κ1) is 11.9. The van der Waals surface area contributed by atoms with Gasteiger partial charge in [-0.1, -0.05) is 0 Å². The zero-order valence-corrected chi connectivity index (χ0v) is 11.6. The SMILES string of the molecule is Cc1nc(CN2CCC(c3[nH]ncc3C)C2)cs1. The van der Waals surface area contributed by atoms with Crippen molar-refractivity contribution in [3.8, 4) is 0 Å². The molecule has 5 heteroatoms. The normalized spacial score (nSPS) is 20.7. The van der Waals surface area contributed by atoms with E-state index in [9.17, 15) is 0 Å². The molecule has 2 aromatic heterocycles. The molecular weight excluding hydrogens is 244 g/mol. The van der Waals surface area contributed by atoms with Crippen molar-refractivity contribution in [2.45, 2.75) is 32.7 Å². The number of thiazole rings is 1. The Morgan fingerprint density at radius 2 is 2.39 bits per heavy atom. The van der Waals surface area contributed by atoms with Crippen LogP contribution in [0.15, 0.2) is 11.6 Å². The molecule has 0 radical (unpaired) electrons. The first-order valence-corrected chi connectivity index (χ1v) is 7.23. The van der Waals surface area contributed by atoms with E-state index in [1.165, 1.54) is 23.4 Å². The molecule has 0 spiro atoms. The highest BCUT2D eigenvalue weighted by atomic mass is 32.1. The maximum absolute atomic E-state index is 4.54. The molecule has 1 aliphatic heterocycles. The molecule has 3 rings (SSSR count). The Balaban J connectivity index is 1.63. The second-order valence-corrected chi connectivity index (χ2v) is 6.11. The molecule has 0 amide bonds. The minimum atomic E-state index is 0.604. The van der Waals surface area contributed by atoms with Crippen molar-refractivity contribution in [1.82, 2.24) is 20.1 Å². The van der Waals surface area contributed by atoms with Crippen LogP contribution < -0.4 is 0 Å². The van der Waals surface area contributed by atoms with Crippen molar-refractivity contribution in [1.29, 1.82) is 0 Å². The third kappa shape index (κ3) is 2.33. The van der Waals surface area contributed by atoms with Gasteiger partial charge < -0.3 is 0 Å². The van der Waals surface area contributed by atoms with Crippen LogP contribution in [-0.2, 0) is 6.54 Å². The number of aromatic amines is 1. The highest BCUT2D eigenvalue weighted by Gasteiger charge is 2.26. The molecule has 2 aromatic rings. The molecule has 3 heterocycles. The molecule has 0 aliphatic carbocycles. The van der Waals surface area contributed by atoms with E-state index in [1.807, 2.05) is 6.20 Å². The highest BCUT2D eigenvalue weighted by Crippen LogP contribution is 2.28. The van der Waals surface area contributed by atoms with Gasteiger partial charge in [-0.05, 0) is 32.4 Å². The topological polar surface area (TPSA) is 44.8 Å². The van der Waals surface area contributed by atoms with Crippen molar-refractivity contribution >= 4 is 11.3 Å². The van der Waals surface area contributed by atoms with Gasteiger partial charge in [-0.2, -0.15) is 5.10 Å². The Bertz CT molecular complexity index is 531. The largest absolute Gasteiger partial charge is 0.297 e. The first-order valence-electron chi connectivity index (χ1n) is 6.35. The fourth-order valence-electron chi connectivity index (χ4n) is 2.69. The van der Waals surface area contributed by atoms with E-state index < -0.39 is 0 Å². The smallest absolute Gasteiger partial charge is 0.0897 e. The Hall–Kier alpha value is -1.20. The van der Waals surface area contributed by atoms with Crippen molar-refractivity contribution in [3.05, 3.63) is 33.5 Å². The molecule has 1 atom stereocenters. The minimum absolute atomic E-state index is 0.604. The molecule has 1 N–H and O–H groups in total. The van der Waals surface area contributed by atoms with Gasteiger partial charge in [-0.3, -0.25) is 10.00 Å². The molecule has 18 heavy (non-hydrogen) atoms. The fourth-order valence-corrected chi connectivity index (χ4v) is 3.30. The van der Waals surface area contributed by atoms with Gasteiger partial charge in [-0.15, -0.1) is 11.3 Å². The summed E-state index contributed by atoms with van der Waals surface area (Å²) in [5.74, 6) is 0.604. The fraction of sp³-hybridized carbons (Fsp3) is 0.538. The van der Waals surface area contributed by atoms with Gasteiger partial charge in [0.1, 0.15) is 0 Å². The molecule has 1 aliphatic rings. The molecule has 1 saturated heterocycles. The number of aromatic nitrogens is 3. The van der Waals surface area contributed by atoms with Gasteiger partial charge in [-0.25, -0.2) is 4.98 Å². The van der Waals surface area contributed by atoms with E-state index in [1.54, 1.807) is 11.3 Å². The van der Waals surface area contributed by atoms with E-state index >= 15 is 0 Å². The van der Waals surface area contributed by atoms with Crippen molar-refractivity contribution in [3.63, 3.8) is 0 Å². The molecule has 0 bridgehead atoms. The van der Waals surface area contributed by atoms with Crippen LogP contribution in [0.4, 0.5) is 0 Å². The van der Waals surface area contributed by atoms with Crippen molar-refractivity contribution in [2.24, 2.45) is 0 Å². The zero-order chi connectivity index (χ0) is 12.5. The van der Waals surface area contributed by atoms with Crippen LogP contribution in [0.3, 0.4) is 0 Å². The van der Waals surface area contributed by atoms with E-state index in [2.05, 4.69) is 39.3 Å². The Kier molecular flexibility index (Phi) is 3.18. The van der Waals surface area contributed by atoms with Crippen LogP contribution in [0.2, 0.25) is 0 Å². The quantitative estimate of drug-likeness (QED) is 0.924. The molecule has 0 saturated carbocycles. The second kappa shape index (κ2) is 4.82. The maximum atomic E-state index is 4.54. The summed E-state index contributed by atoms with van der Waals surface area (Å²) in [7, 11) is 0. The Morgan fingerprint density at radius 1 is 1.50 bits per heavy atom. The zero-order valence-electron chi connectivity index (χ0n) is 10.8. The predicted octanol–water partition coefficient (Wildman–Crippen LogP) is 2.47. The van der Waals surface area contributed by atoms with Crippen LogP contribution >= 0.6 is 11.3 Å². The lowest BCUT2D eigenvalue weighted by molar-refractivity contribution is 0.322. The summed E-state index contributed by atoms with van der Waals surface area (Å²) in [4.78, 5) is 7.02. The number of aryl methyl sites for hydroxylation is 2. The van der Waals surface area contributed by atoms with Crippen LogP contribution in [0.25, 0.3) is 0 Å². The molecule has 4 nitrogen and oxygen atoms in total. The van der Waals surface area contributed by atoms with E-state index in [0.717, 1.165) is 24.6 Å². The predicted molar refractivity (Wildman–Crippen MR) is 72.8 cm³/mol. The summed E-state index contributed by atoms with van der Waals surface area (Å²) in [6.45, 7) is 7.44. The van der Waals surface area contributed by atoms with Crippen LogP contribution in [0, 0.1) is 13.8 Å². The van der Waals surface area contributed by atoms with Gasteiger partial charge in [0.05, 0.1) is 16.9 Å². The Labute approximate surface area is 111 Å². The number of rotatable bonds is 3. The lowest BCUT2D eigenvalue weighted by Crippen LogP contribution is -2.20. The number of likely N-dealkylation sites (tertiary alicyclic amines) is 1. The second-order valence-electron chi connectivity index (χ2n) is 5.05. The van der Waals surface area contributed by atoms with E-state index in [-0.39, 0.29) is 0 Å². The van der Waals surface area contributed by atoms with Gasteiger partial charge >= 0.3 is 0 Å². The number of nitrogens with one attached hydrogen (secondary N) is 1. The average molecular weight is 262 g/mol. The average Bonchev–Trinajstić information content (AvgIpc) is 3.02.